The lowest BCUT2D eigenvalue weighted by Crippen LogP contribution is -2.48. The molecule has 2 aliphatic rings. The smallest absolute Gasteiger partial charge is 0.243 e. The summed E-state index contributed by atoms with van der Waals surface area (Å²) in [6.45, 7) is 6.76. The molecule has 35 heavy (non-hydrogen) atoms. The molecule has 1 fully saturated rings. The van der Waals surface area contributed by atoms with Crippen LogP contribution in [0.25, 0.3) is 0 Å². The number of ether oxygens (including phenoxy) is 1. The number of hydrogen-bond donors (Lipinski definition) is 0. The van der Waals surface area contributed by atoms with E-state index in [9.17, 15) is 9.59 Å². The number of amides is 2. The zero-order valence-electron chi connectivity index (χ0n) is 21.6. The fourth-order valence-corrected chi connectivity index (χ4v) is 5.60. The van der Waals surface area contributed by atoms with Crippen LogP contribution < -0.4 is 0 Å². The molecule has 1 aliphatic carbocycles. The van der Waals surface area contributed by atoms with Gasteiger partial charge in [-0.05, 0) is 41.5 Å². The molecular weight excluding hydrogens is 438 g/mol. The van der Waals surface area contributed by atoms with Crippen LogP contribution in [-0.4, -0.2) is 59.5 Å². The Bertz CT molecular complexity index is 975. The van der Waals surface area contributed by atoms with Crippen LogP contribution in [0.2, 0.25) is 0 Å². The summed E-state index contributed by atoms with van der Waals surface area (Å²) < 4.78 is 7.50. The van der Waals surface area contributed by atoms with Crippen molar-refractivity contribution in [3.63, 3.8) is 0 Å². The second kappa shape index (κ2) is 11.9. The van der Waals surface area contributed by atoms with Gasteiger partial charge in [-0.25, -0.2) is 0 Å². The lowest BCUT2D eigenvalue weighted by Gasteiger charge is -2.38. The Morgan fingerprint density at radius 3 is 2.51 bits per heavy atom. The van der Waals surface area contributed by atoms with Crippen molar-refractivity contribution in [3.05, 3.63) is 59.4 Å². The first-order valence-electron chi connectivity index (χ1n) is 13.3. The lowest BCUT2D eigenvalue weighted by molar-refractivity contribution is -0.142. The van der Waals surface area contributed by atoms with E-state index < -0.39 is 0 Å². The number of fused-ring (bicyclic) bond motifs is 1. The second-order valence-electron chi connectivity index (χ2n) is 10.4. The minimum Gasteiger partial charge on any atom is -0.383 e. The highest BCUT2D eigenvalue weighted by molar-refractivity contribution is 5.85. The van der Waals surface area contributed by atoms with Crippen molar-refractivity contribution in [1.29, 1.82) is 0 Å². The Kier molecular flexibility index (Phi) is 8.66. The molecule has 0 saturated heterocycles. The van der Waals surface area contributed by atoms with E-state index in [0.29, 0.717) is 38.0 Å². The number of aromatic nitrogens is 1. The predicted octanol–water partition coefficient (Wildman–Crippen LogP) is 4.99. The third-order valence-electron chi connectivity index (χ3n) is 7.76. The Morgan fingerprint density at radius 1 is 1.09 bits per heavy atom. The molecule has 0 spiro atoms. The van der Waals surface area contributed by atoms with Crippen LogP contribution in [0.15, 0.2) is 42.6 Å². The maximum Gasteiger partial charge on any atom is 0.243 e. The molecule has 1 saturated carbocycles. The molecule has 4 rings (SSSR count). The summed E-state index contributed by atoms with van der Waals surface area (Å²) in [6, 6.07) is 12.7. The minimum atomic E-state index is -0.148. The average Bonchev–Trinajstić information content (AvgIpc) is 3.56. The van der Waals surface area contributed by atoms with Crippen molar-refractivity contribution in [2.45, 2.75) is 70.9 Å². The number of rotatable bonds is 10. The molecule has 2 amide bonds. The van der Waals surface area contributed by atoms with E-state index in [-0.39, 0.29) is 24.4 Å². The number of hydrogen-bond acceptors (Lipinski definition) is 3. The van der Waals surface area contributed by atoms with Gasteiger partial charge in [0.15, 0.2) is 0 Å². The van der Waals surface area contributed by atoms with Crippen LogP contribution in [0.4, 0.5) is 0 Å². The van der Waals surface area contributed by atoms with Gasteiger partial charge < -0.3 is 19.1 Å². The molecule has 2 heterocycles. The van der Waals surface area contributed by atoms with Crippen molar-refractivity contribution in [1.82, 2.24) is 14.4 Å². The van der Waals surface area contributed by atoms with Crippen LogP contribution in [0.5, 0.6) is 0 Å². The first-order chi connectivity index (χ1) is 17.0. The molecule has 1 aromatic carbocycles. The monoisotopic (exact) mass is 479 g/mol. The van der Waals surface area contributed by atoms with Crippen molar-refractivity contribution in [2.75, 3.05) is 33.4 Å². The first kappa shape index (κ1) is 25.5. The second-order valence-corrected chi connectivity index (χ2v) is 10.4. The Labute approximate surface area is 210 Å². The summed E-state index contributed by atoms with van der Waals surface area (Å²) in [5, 5.41) is 0. The number of nitrogens with zero attached hydrogens (tertiary/aromatic N) is 3. The van der Waals surface area contributed by atoms with Gasteiger partial charge in [-0.2, -0.15) is 0 Å². The summed E-state index contributed by atoms with van der Waals surface area (Å²) in [5.41, 5.74) is 3.52. The van der Waals surface area contributed by atoms with E-state index in [1.165, 1.54) is 31.2 Å². The van der Waals surface area contributed by atoms with Crippen molar-refractivity contribution in [2.24, 2.45) is 5.92 Å². The quantitative estimate of drug-likeness (QED) is 0.482. The van der Waals surface area contributed by atoms with Crippen LogP contribution in [-0.2, 0) is 20.9 Å². The highest BCUT2D eigenvalue weighted by Gasteiger charge is 2.33. The number of methoxy groups -OCH3 is 1. The van der Waals surface area contributed by atoms with Gasteiger partial charge in [0.25, 0.3) is 0 Å². The van der Waals surface area contributed by atoms with Gasteiger partial charge in [-0.15, -0.1) is 0 Å². The van der Waals surface area contributed by atoms with Gasteiger partial charge >= 0.3 is 0 Å². The zero-order valence-corrected chi connectivity index (χ0v) is 21.6. The van der Waals surface area contributed by atoms with Crippen molar-refractivity contribution in [3.8, 4) is 0 Å². The van der Waals surface area contributed by atoms with Gasteiger partial charge in [-0.1, -0.05) is 63.8 Å². The maximum absolute atomic E-state index is 13.7. The minimum absolute atomic E-state index is 0.000653. The molecule has 190 valence electrons. The standard InChI is InChI=1S/C29H41N3O3/c1-22(2)24-11-13-25(14-12-24)29-26-9-6-16-30(26)17-18-32(29)28(34)21-31(19-20-35-3)27(33)15-10-23-7-4-5-8-23/h6,9,11-14,16,22-23,29H,4-5,7-8,10,15,17-21H2,1-3H3. The number of benzene rings is 1. The van der Waals surface area contributed by atoms with Gasteiger partial charge in [0, 0.05) is 45.1 Å². The molecule has 1 unspecified atom stereocenters. The Balaban J connectivity index is 1.50. The van der Waals surface area contributed by atoms with E-state index in [1.54, 1.807) is 12.0 Å². The fraction of sp³-hybridized carbons (Fsp3) is 0.586. The van der Waals surface area contributed by atoms with E-state index in [1.807, 2.05) is 4.90 Å². The van der Waals surface area contributed by atoms with Gasteiger partial charge in [0.1, 0.15) is 0 Å². The first-order valence-corrected chi connectivity index (χ1v) is 13.3. The van der Waals surface area contributed by atoms with Crippen LogP contribution in [0.3, 0.4) is 0 Å². The topological polar surface area (TPSA) is 54.8 Å². The average molecular weight is 480 g/mol. The number of carbonyl (C=O) groups excluding carboxylic acids is 2. The molecule has 0 N–H and O–H groups in total. The van der Waals surface area contributed by atoms with E-state index in [2.05, 4.69) is 61.0 Å². The highest BCUT2D eigenvalue weighted by Crippen LogP contribution is 2.33. The molecule has 1 aliphatic heterocycles. The van der Waals surface area contributed by atoms with Crippen LogP contribution >= 0.6 is 0 Å². The molecule has 2 aromatic rings. The van der Waals surface area contributed by atoms with E-state index >= 15 is 0 Å². The molecule has 6 nitrogen and oxygen atoms in total. The summed E-state index contributed by atoms with van der Waals surface area (Å²) in [5.74, 6) is 1.19. The molecule has 0 radical (unpaired) electrons. The lowest BCUT2D eigenvalue weighted by atomic mass is 9.95. The molecular formula is C29H41N3O3. The largest absolute Gasteiger partial charge is 0.383 e. The Morgan fingerprint density at radius 2 is 1.83 bits per heavy atom. The van der Waals surface area contributed by atoms with Gasteiger partial charge in [-0.3, -0.25) is 9.59 Å². The van der Waals surface area contributed by atoms with E-state index in [4.69, 9.17) is 4.74 Å². The van der Waals surface area contributed by atoms with Gasteiger partial charge in [0.05, 0.1) is 19.2 Å². The van der Waals surface area contributed by atoms with Crippen LogP contribution in [0.1, 0.15) is 81.2 Å². The summed E-state index contributed by atoms with van der Waals surface area (Å²) in [6.07, 6.45) is 8.55. The number of carbonyl (C=O) groups is 2. The third kappa shape index (κ3) is 6.16. The molecule has 6 heteroatoms. The van der Waals surface area contributed by atoms with E-state index in [0.717, 1.165) is 24.2 Å². The molecule has 0 bridgehead atoms. The third-order valence-corrected chi connectivity index (χ3v) is 7.76. The predicted molar refractivity (Wildman–Crippen MR) is 138 cm³/mol. The Hall–Kier alpha value is -2.60. The normalized spacial score (nSPS) is 18.2. The van der Waals surface area contributed by atoms with Crippen molar-refractivity contribution < 1.29 is 14.3 Å². The SMILES string of the molecule is COCCN(CC(=O)N1CCn2cccc2C1c1ccc(C(C)C)cc1)C(=O)CCC1CCCC1. The summed E-state index contributed by atoms with van der Waals surface area (Å²) >= 11 is 0. The van der Waals surface area contributed by atoms with Crippen LogP contribution in [0, 0.1) is 5.92 Å². The fourth-order valence-electron chi connectivity index (χ4n) is 5.60. The molecule has 1 aromatic heterocycles. The maximum atomic E-state index is 13.7. The zero-order chi connectivity index (χ0) is 24.8. The highest BCUT2D eigenvalue weighted by atomic mass is 16.5. The summed E-state index contributed by atoms with van der Waals surface area (Å²) in [4.78, 5) is 30.5. The van der Waals surface area contributed by atoms with Crippen molar-refractivity contribution >= 4 is 11.8 Å². The summed E-state index contributed by atoms with van der Waals surface area (Å²) in [7, 11) is 1.64. The van der Waals surface area contributed by atoms with Gasteiger partial charge in [0.2, 0.25) is 11.8 Å². The molecule has 1 atom stereocenters.